The van der Waals surface area contributed by atoms with Crippen molar-refractivity contribution < 1.29 is 19.0 Å². The van der Waals surface area contributed by atoms with Gasteiger partial charge in [0, 0.05) is 30.6 Å². The second-order valence-electron chi connectivity index (χ2n) is 12.5. The predicted molar refractivity (Wildman–Crippen MR) is 161 cm³/mol. The number of nitrogens with one attached hydrogen (secondary N) is 1. The number of nitrogens with zero attached hydrogens (tertiary/aromatic N) is 4. The molecule has 0 amide bonds. The summed E-state index contributed by atoms with van der Waals surface area (Å²) < 4.78 is 29.2. The second-order valence-corrected chi connectivity index (χ2v) is 12.5. The van der Waals surface area contributed by atoms with Crippen molar-refractivity contribution in [2.24, 2.45) is 0 Å². The van der Waals surface area contributed by atoms with Gasteiger partial charge in [0.05, 0.1) is 18.2 Å². The number of phenolic OH excluding ortho intramolecular Hbond substituents is 1. The van der Waals surface area contributed by atoms with Gasteiger partial charge in [0.15, 0.2) is 5.82 Å². The summed E-state index contributed by atoms with van der Waals surface area (Å²) in [6.45, 7) is 4.30. The third-order valence-electron chi connectivity index (χ3n) is 9.99. The van der Waals surface area contributed by atoms with Gasteiger partial charge >= 0.3 is 6.01 Å². The molecule has 4 saturated heterocycles. The van der Waals surface area contributed by atoms with Crippen LogP contribution in [0.3, 0.4) is 0 Å². The minimum Gasteiger partial charge on any atom is -0.508 e. The molecule has 2 N–H and O–H groups in total. The van der Waals surface area contributed by atoms with Gasteiger partial charge in [-0.2, -0.15) is 9.97 Å². The third-order valence-corrected chi connectivity index (χ3v) is 9.99. The minimum absolute atomic E-state index is 0.0245. The molecule has 0 spiro atoms. The molecule has 2 atom stereocenters. The van der Waals surface area contributed by atoms with E-state index in [2.05, 4.69) is 15.1 Å². The Bertz CT molecular complexity index is 1670. The van der Waals surface area contributed by atoms with E-state index in [-0.39, 0.29) is 28.4 Å². The molecule has 0 aliphatic carbocycles. The first kappa shape index (κ1) is 26.0. The van der Waals surface area contributed by atoms with Gasteiger partial charge in [0.25, 0.3) is 0 Å². The van der Waals surface area contributed by atoms with E-state index in [4.69, 9.17) is 19.4 Å². The molecule has 9 heteroatoms. The van der Waals surface area contributed by atoms with E-state index in [1.165, 1.54) is 12.8 Å². The highest BCUT2D eigenvalue weighted by Gasteiger charge is 2.45. The Labute approximate surface area is 244 Å². The molecule has 4 fully saturated rings. The monoisotopic (exact) mass is 569 g/mol. The minimum atomic E-state index is -0.506. The van der Waals surface area contributed by atoms with Crippen LogP contribution in [0.4, 0.5) is 10.2 Å². The van der Waals surface area contributed by atoms with Crippen LogP contribution in [-0.4, -0.2) is 77.5 Å². The van der Waals surface area contributed by atoms with Crippen molar-refractivity contribution in [1.82, 2.24) is 20.2 Å². The number of fused-ring (bicyclic) bond motifs is 5. The maximum absolute atomic E-state index is 17.0. The van der Waals surface area contributed by atoms with Gasteiger partial charge in [-0.05, 0) is 86.1 Å². The highest BCUT2D eigenvalue weighted by Crippen LogP contribution is 2.45. The van der Waals surface area contributed by atoms with Gasteiger partial charge in [0.1, 0.15) is 29.4 Å². The van der Waals surface area contributed by atoms with Crippen LogP contribution in [0.25, 0.3) is 32.8 Å². The van der Waals surface area contributed by atoms with Crippen LogP contribution < -0.4 is 19.7 Å². The summed E-state index contributed by atoms with van der Waals surface area (Å²) in [7, 11) is 1.55. The summed E-state index contributed by atoms with van der Waals surface area (Å²) >= 11 is 0. The van der Waals surface area contributed by atoms with E-state index in [9.17, 15) is 5.11 Å². The van der Waals surface area contributed by atoms with E-state index in [0.717, 1.165) is 62.6 Å². The maximum atomic E-state index is 17.0. The lowest BCUT2D eigenvalue weighted by atomic mass is 9.95. The van der Waals surface area contributed by atoms with Crippen molar-refractivity contribution in [3.8, 4) is 28.6 Å². The number of hydrogen-bond donors (Lipinski definition) is 2. The molecule has 0 radical (unpaired) electrons. The number of anilines is 1. The summed E-state index contributed by atoms with van der Waals surface area (Å²) in [5.41, 5.74) is 1.05. The van der Waals surface area contributed by atoms with Crippen LogP contribution in [0.1, 0.15) is 38.5 Å². The Morgan fingerprint density at radius 1 is 1.02 bits per heavy atom. The molecule has 8 nitrogen and oxygen atoms in total. The number of ether oxygens (including phenoxy) is 2. The average molecular weight is 570 g/mol. The number of aromatic hydroxyl groups is 1. The quantitative estimate of drug-likeness (QED) is 0.326. The number of aromatic nitrogens is 2. The molecule has 42 heavy (non-hydrogen) atoms. The Morgan fingerprint density at radius 2 is 1.79 bits per heavy atom. The van der Waals surface area contributed by atoms with E-state index in [0.29, 0.717) is 41.2 Å². The van der Waals surface area contributed by atoms with Crippen molar-refractivity contribution in [3.63, 3.8) is 0 Å². The number of piperazine rings is 1. The Hall–Kier alpha value is -3.69. The summed E-state index contributed by atoms with van der Waals surface area (Å²) in [6.07, 6.45) is 6.80. The normalized spacial score (nSPS) is 23.1. The molecular weight excluding hydrogens is 533 g/mol. The van der Waals surface area contributed by atoms with Gasteiger partial charge in [0.2, 0.25) is 0 Å². The first-order chi connectivity index (χ1) is 20.5. The van der Waals surface area contributed by atoms with Crippen LogP contribution >= 0.6 is 0 Å². The Morgan fingerprint density at radius 3 is 2.55 bits per heavy atom. The zero-order chi connectivity index (χ0) is 28.4. The molecule has 4 aliphatic heterocycles. The first-order valence-corrected chi connectivity index (χ1v) is 15.2. The second kappa shape index (κ2) is 9.95. The fraction of sp³-hybridized carbons (Fsp3) is 0.455. The van der Waals surface area contributed by atoms with Crippen molar-refractivity contribution in [1.29, 1.82) is 0 Å². The third kappa shape index (κ3) is 4.16. The molecule has 4 aliphatic rings. The van der Waals surface area contributed by atoms with Crippen molar-refractivity contribution in [2.45, 2.75) is 56.1 Å². The van der Waals surface area contributed by atoms with Gasteiger partial charge in [-0.1, -0.05) is 24.3 Å². The van der Waals surface area contributed by atoms with Gasteiger partial charge in [-0.25, -0.2) is 4.39 Å². The van der Waals surface area contributed by atoms with Crippen molar-refractivity contribution in [2.75, 3.05) is 44.8 Å². The van der Waals surface area contributed by atoms with E-state index >= 15 is 4.39 Å². The fourth-order valence-electron chi connectivity index (χ4n) is 8.02. The molecule has 0 saturated carbocycles. The number of halogens is 1. The van der Waals surface area contributed by atoms with Crippen LogP contribution in [0.15, 0.2) is 42.5 Å². The largest absolute Gasteiger partial charge is 0.508 e. The maximum Gasteiger partial charge on any atom is 0.319 e. The molecule has 2 bridgehead atoms. The van der Waals surface area contributed by atoms with Gasteiger partial charge in [-0.3, -0.25) is 4.90 Å². The topological polar surface area (TPSA) is 83.0 Å². The Balaban J connectivity index is 1.30. The lowest BCUT2D eigenvalue weighted by Gasteiger charge is -2.35. The zero-order valence-corrected chi connectivity index (χ0v) is 23.9. The van der Waals surface area contributed by atoms with E-state index in [1.54, 1.807) is 19.2 Å². The fourth-order valence-corrected chi connectivity index (χ4v) is 8.02. The smallest absolute Gasteiger partial charge is 0.319 e. The molecule has 4 aromatic rings. The first-order valence-electron chi connectivity index (χ1n) is 15.2. The highest BCUT2D eigenvalue weighted by atomic mass is 19.1. The Kier molecular flexibility index (Phi) is 6.15. The number of hydrogen-bond acceptors (Lipinski definition) is 8. The summed E-state index contributed by atoms with van der Waals surface area (Å²) in [6, 6.07) is 13.8. The summed E-state index contributed by atoms with van der Waals surface area (Å²) in [5, 5.41) is 16.5. The molecule has 1 aromatic heterocycles. The lowest BCUT2D eigenvalue weighted by molar-refractivity contribution is 0.108. The standard InChI is InChI=1S/C33H36FN5O3/c1-41-27-16-26-30(29(34)28(27)25-15-23(40)14-20-6-2-3-7-24(20)25)36-32(42-19-33-10-4-12-39(33)13-5-11-33)37-31(26)38-17-21-8-9-22(18-38)35-21/h2-3,6-7,14-16,21-22,35,40H,4-5,8-13,17-19H2,1H3. The molecular formula is C33H36FN5O3. The van der Waals surface area contributed by atoms with E-state index in [1.807, 2.05) is 30.3 Å². The molecule has 8 rings (SSSR count). The number of methoxy groups -OCH3 is 1. The van der Waals surface area contributed by atoms with Gasteiger partial charge < -0.3 is 24.8 Å². The van der Waals surface area contributed by atoms with Gasteiger partial charge in [-0.15, -0.1) is 0 Å². The molecule has 5 heterocycles. The number of benzene rings is 3. The summed E-state index contributed by atoms with van der Waals surface area (Å²) in [5.74, 6) is 0.614. The average Bonchev–Trinajstić information content (AvgIpc) is 3.69. The lowest BCUT2D eigenvalue weighted by Crippen LogP contribution is -2.51. The zero-order valence-electron chi connectivity index (χ0n) is 23.9. The van der Waals surface area contributed by atoms with Crippen molar-refractivity contribution >= 4 is 27.5 Å². The predicted octanol–water partition coefficient (Wildman–Crippen LogP) is 5.25. The van der Waals surface area contributed by atoms with Crippen LogP contribution in [0.2, 0.25) is 0 Å². The SMILES string of the molecule is COc1cc2c(N3CC4CCC(C3)N4)nc(OCC34CCCN3CCC4)nc2c(F)c1-c1cc(O)cc2ccccc12. The van der Waals surface area contributed by atoms with E-state index < -0.39 is 5.82 Å². The number of phenols is 1. The number of rotatable bonds is 6. The van der Waals surface area contributed by atoms with Crippen LogP contribution in [-0.2, 0) is 0 Å². The van der Waals surface area contributed by atoms with Crippen LogP contribution in [0.5, 0.6) is 17.5 Å². The molecule has 3 aromatic carbocycles. The summed E-state index contributed by atoms with van der Waals surface area (Å²) in [4.78, 5) is 14.5. The molecule has 2 unspecified atom stereocenters. The highest BCUT2D eigenvalue weighted by molar-refractivity contribution is 6.03. The van der Waals surface area contributed by atoms with Crippen molar-refractivity contribution in [3.05, 3.63) is 48.3 Å². The van der Waals surface area contributed by atoms with Crippen LogP contribution in [0, 0.1) is 5.82 Å². The molecule has 218 valence electrons.